The topological polar surface area (TPSA) is 108 Å². The van der Waals surface area contributed by atoms with Gasteiger partial charge in [0, 0.05) is 10.2 Å². The van der Waals surface area contributed by atoms with Gasteiger partial charge in [0.1, 0.15) is 0 Å². The maximum atomic E-state index is 10.8. The smallest absolute Gasteiger partial charge is 0.290 e. The van der Waals surface area contributed by atoms with Gasteiger partial charge in [-0.25, -0.2) is 0 Å². The Kier molecular flexibility index (Phi) is 2.61. The van der Waals surface area contributed by atoms with Crippen LogP contribution in [0, 0.1) is 0 Å². The highest BCUT2D eigenvalue weighted by Gasteiger charge is 2.14. The summed E-state index contributed by atoms with van der Waals surface area (Å²) in [7, 11) is 0. The second-order valence-electron chi connectivity index (χ2n) is 3.02. The van der Waals surface area contributed by atoms with Crippen LogP contribution in [0.15, 0.2) is 27.2 Å². The van der Waals surface area contributed by atoms with E-state index in [-0.39, 0.29) is 11.7 Å². The van der Waals surface area contributed by atoms with Crippen LogP contribution in [0.2, 0.25) is 0 Å². The lowest BCUT2D eigenvalue weighted by Gasteiger charge is -2.00. The third-order valence-electron chi connectivity index (χ3n) is 1.89. The van der Waals surface area contributed by atoms with Crippen molar-refractivity contribution in [3.8, 4) is 11.5 Å². The molecule has 7 heteroatoms. The number of rotatable bonds is 2. The van der Waals surface area contributed by atoms with Crippen LogP contribution in [0.1, 0.15) is 10.6 Å². The normalized spacial score (nSPS) is 10.3. The van der Waals surface area contributed by atoms with Gasteiger partial charge >= 0.3 is 0 Å². The highest BCUT2D eigenvalue weighted by Crippen LogP contribution is 2.27. The number of halogens is 1. The zero-order chi connectivity index (χ0) is 11.7. The van der Waals surface area contributed by atoms with Crippen molar-refractivity contribution >= 4 is 27.5 Å². The number of primary amides is 1. The number of anilines is 1. The van der Waals surface area contributed by atoms with Crippen LogP contribution in [0.3, 0.4) is 0 Å². The number of benzene rings is 1. The lowest BCUT2D eigenvalue weighted by molar-refractivity contribution is 0.0987. The van der Waals surface area contributed by atoms with Crippen molar-refractivity contribution < 1.29 is 9.32 Å². The summed E-state index contributed by atoms with van der Waals surface area (Å²) < 4.78 is 5.71. The molecule has 1 aromatic carbocycles. The third kappa shape index (κ3) is 1.89. The Balaban J connectivity index is 2.46. The quantitative estimate of drug-likeness (QED) is 0.804. The molecule has 6 nitrogen and oxygen atoms in total. The van der Waals surface area contributed by atoms with Gasteiger partial charge in [0.25, 0.3) is 17.6 Å². The lowest BCUT2D eigenvalue weighted by Crippen LogP contribution is -2.12. The maximum absolute atomic E-state index is 10.8. The summed E-state index contributed by atoms with van der Waals surface area (Å²) in [4.78, 5) is 14.6. The first-order chi connectivity index (χ1) is 7.58. The number of amides is 1. The minimum absolute atomic E-state index is 0.166. The van der Waals surface area contributed by atoms with Crippen LogP contribution >= 0.6 is 15.9 Å². The first-order valence-corrected chi connectivity index (χ1v) is 5.06. The fourth-order valence-corrected chi connectivity index (χ4v) is 1.54. The zero-order valence-electron chi connectivity index (χ0n) is 7.98. The number of carbonyl (C=O) groups is 1. The number of hydrogen-bond acceptors (Lipinski definition) is 5. The first kappa shape index (κ1) is 10.6. The molecule has 0 atom stereocenters. The molecular formula is C9H7BrN4O2. The van der Waals surface area contributed by atoms with Crippen LogP contribution in [0.25, 0.3) is 11.5 Å². The molecule has 1 amide bonds. The van der Waals surface area contributed by atoms with Gasteiger partial charge in [-0.1, -0.05) is 21.1 Å². The average molecular weight is 283 g/mol. The molecular weight excluding hydrogens is 276 g/mol. The van der Waals surface area contributed by atoms with Crippen LogP contribution in [-0.2, 0) is 0 Å². The summed E-state index contributed by atoms with van der Waals surface area (Å²) in [5.41, 5.74) is 11.8. The number of nitrogens with two attached hydrogens (primary N) is 2. The van der Waals surface area contributed by atoms with Crippen molar-refractivity contribution in [2.45, 2.75) is 0 Å². The van der Waals surface area contributed by atoms with Crippen molar-refractivity contribution in [1.29, 1.82) is 0 Å². The van der Waals surface area contributed by atoms with Crippen molar-refractivity contribution in [2.24, 2.45) is 5.73 Å². The minimum atomic E-state index is -0.745. The Morgan fingerprint density at radius 1 is 1.44 bits per heavy atom. The second-order valence-corrected chi connectivity index (χ2v) is 3.93. The molecule has 0 bridgehead atoms. The van der Waals surface area contributed by atoms with Gasteiger partial charge in [-0.3, -0.25) is 4.79 Å². The molecule has 16 heavy (non-hydrogen) atoms. The maximum Gasteiger partial charge on any atom is 0.290 e. The zero-order valence-corrected chi connectivity index (χ0v) is 9.56. The van der Waals surface area contributed by atoms with E-state index in [0.29, 0.717) is 11.3 Å². The van der Waals surface area contributed by atoms with Gasteiger partial charge in [0.15, 0.2) is 0 Å². The predicted molar refractivity (Wildman–Crippen MR) is 60.4 cm³/mol. The van der Waals surface area contributed by atoms with E-state index in [4.69, 9.17) is 16.0 Å². The summed E-state index contributed by atoms with van der Waals surface area (Å²) >= 11 is 3.28. The SMILES string of the molecule is NC(=O)c1noc(-c2ccc(Br)cc2N)n1. The van der Waals surface area contributed by atoms with Gasteiger partial charge in [-0.15, -0.1) is 0 Å². The molecule has 82 valence electrons. The summed E-state index contributed by atoms with van der Waals surface area (Å²) in [6, 6.07) is 5.18. The molecule has 0 unspecified atom stereocenters. The molecule has 0 saturated carbocycles. The molecule has 1 heterocycles. The van der Waals surface area contributed by atoms with Crippen molar-refractivity contribution in [1.82, 2.24) is 10.1 Å². The van der Waals surface area contributed by atoms with E-state index in [2.05, 4.69) is 26.1 Å². The molecule has 1 aromatic heterocycles. The Bertz CT molecular complexity index is 552. The van der Waals surface area contributed by atoms with Crippen molar-refractivity contribution in [2.75, 3.05) is 5.73 Å². The Hall–Kier alpha value is -1.89. The molecule has 4 N–H and O–H groups in total. The molecule has 2 aromatic rings. The second kappa shape index (κ2) is 3.93. The summed E-state index contributed by atoms with van der Waals surface area (Å²) in [5.74, 6) is -0.748. The van der Waals surface area contributed by atoms with Crippen molar-refractivity contribution in [3.05, 3.63) is 28.5 Å². The Morgan fingerprint density at radius 2 is 2.19 bits per heavy atom. The van der Waals surface area contributed by atoms with Crippen LogP contribution < -0.4 is 11.5 Å². The van der Waals surface area contributed by atoms with E-state index in [1.165, 1.54) is 0 Å². The van der Waals surface area contributed by atoms with Crippen LogP contribution in [0.4, 0.5) is 5.69 Å². The van der Waals surface area contributed by atoms with Crippen LogP contribution in [0.5, 0.6) is 0 Å². The molecule has 0 aliphatic rings. The van der Waals surface area contributed by atoms with Gasteiger partial charge < -0.3 is 16.0 Å². The monoisotopic (exact) mass is 282 g/mol. The van der Waals surface area contributed by atoms with E-state index in [9.17, 15) is 4.79 Å². The summed E-state index contributed by atoms with van der Waals surface area (Å²) in [6.07, 6.45) is 0. The summed E-state index contributed by atoms with van der Waals surface area (Å²) in [6.45, 7) is 0. The standard InChI is InChI=1S/C9H7BrN4O2/c10-4-1-2-5(6(11)3-4)9-13-8(7(12)15)14-16-9/h1-3H,11H2,(H2,12,15). The highest BCUT2D eigenvalue weighted by molar-refractivity contribution is 9.10. The Labute approximate surface area is 98.7 Å². The van der Waals surface area contributed by atoms with Gasteiger partial charge in [-0.2, -0.15) is 4.98 Å². The largest absolute Gasteiger partial charge is 0.398 e. The van der Waals surface area contributed by atoms with E-state index in [1.54, 1.807) is 18.2 Å². The van der Waals surface area contributed by atoms with E-state index in [1.807, 2.05) is 0 Å². The number of hydrogen-bond donors (Lipinski definition) is 2. The molecule has 0 radical (unpaired) electrons. The number of aromatic nitrogens is 2. The Morgan fingerprint density at radius 3 is 2.75 bits per heavy atom. The molecule has 0 fully saturated rings. The lowest BCUT2D eigenvalue weighted by atomic mass is 10.2. The molecule has 2 rings (SSSR count). The van der Waals surface area contributed by atoms with Crippen LogP contribution in [-0.4, -0.2) is 16.0 Å². The van der Waals surface area contributed by atoms with Crippen molar-refractivity contribution in [3.63, 3.8) is 0 Å². The first-order valence-electron chi connectivity index (χ1n) is 4.27. The summed E-state index contributed by atoms with van der Waals surface area (Å²) in [5, 5.41) is 3.43. The highest BCUT2D eigenvalue weighted by atomic mass is 79.9. The average Bonchev–Trinajstić information content (AvgIpc) is 2.66. The molecule has 0 spiro atoms. The molecule has 0 saturated heterocycles. The fraction of sp³-hybridized carbons (Fsp3) is 0. The minimum Gasteiger partial charge on any atom is -0.398 e. The van der Waals surface area contributed by atoms with E-state index >= 15 is 0 Å². The number of nitrogens with zero attached hydrogens (tertiary/aromatic N) is 2. The van der Waals surface area contributed by atoms with E-state index < -0.39 is 5.91 Å². The van der Waals surface area contributed by atoms with Gasteiger partial charge in [0.05, 0.1) is 5.56 Å². The number of carbonyl (C=O) groups excluding carboxylic acids is 1. The van der Waals surface area contributed by atoms with Gasteiger partial charge in [-0.05, 0) is 18.2 Å². The molecule has 0 aliphatic carbocycles. The fourth-order valence-electron chi connectivity index (χ4n) is 1.16. The molecule has 0 aliphatic heterocycles. The number of nitrogen functional groups attached to an aromatic ring is 1. The predicted octanol–water partition coefficient (Wildman–Crippen LogP) is 1.18. The van der Waals surface area contributed by atoms with E-state index in [0.717, 1.165) is 4.47 Å². The van der Waals surface area contributed by atoms with Gasteiger partial charge in [0.2, 0.25) is 0 Å². The third-order valence-corrected chi connectivity index (χ3v) is 2.38.